The standard InChI is InChI=1S/C27H33N2O6P/c1-20(2)35-26-8-6-21(15-24(26)17-28)5-3-12-33-27-9-7-22(16-25(27)23-10-14-32-19-23)18-29-11-4-13-34-36(30)31/h6-10,14-16,19-20,29,36H,3-5,11-13,18H2,1-2H3,(H,30,31). The zero-order valence-electron chi connectivity index (χ0n) is 20.7. The number of ether oxygens (including phenoxy) is 2. The fourth-order valence-corrected chi connectivity index (χ4v) is 4.00. The highest BCUT2D eigenvalue weighted by Gasteiger charge is 2.11. The Morgan fingerprint density at radius 3 is 2.61 bits per heavy atom. The minimum absolute atomic E-state index is 0.0168. The predicted octanol–water partition coefficient (Wildman–Crippen LogP) is 5.50. The lowest BCUT2D eigenvalue weighted by atomic mass is 10.0. The van der Waals surface area contributed by atoms with Gasteiger partial charge in [-0.25, -0.2) is 0 Å². The van der Waals surface area contributed by atoms with E-state index in [2.05, 4.69) is 17.5 Å². The van der Waals surface area contributed by atoms with Crippen molar-refractivity contribution in [3.63, 3.8) is 0 Å². The van der Waals surface area contributed by atoms with Crippen LogP contribution >= 0.6 is 8.25 Å². The summed E-state index contributed by atoms with van der Waals surface area (Å²) in [5, 5.41) is 12.8. The fourth-order valence-electron chi connectivity index (χ4n) is 3.68. The topological polar surface area (TPSA) is 114 Å². The first-order valence-electron chi connectivity index (χ1n) is 12.0. The quantitative estimate of drug-likeness (QED) is 0.203. The summed E-state index contributed by atoms with van der Waals surface area (Å²) >= 11 is 0. The van der Waals surface area contributed by atoms with Crippen molar-refractivity contribution < 1.29 is 27.9 Å². The Bertz CT molecular complexity index is 1160. The molecule has 0 saturated heterocycles. The van der Waals surface area contributed by atoms with Crippen molar-refractivity contribution >= 4 is 8.25 Å². The van der Waals surface area contributed by atoms with E-state index in [1.807, 2.05) is 50.2 Å². The Kier molecular flexibility index (Phi) is 11.1. The lowest BCUT2D eigenvalue weighted by molar-refractivity contribution is 0.241. The molecule has 0 aliphatic heterocycles. The number of rotatable bonds is 15. The summed E-state index contributed by atoms with van der Waals surface area (Å²) in [5.41, 5.74) is 4.59. The van der Waals surface area contributed by atoms with Crippen LogP contribution in [-0.2, 0) is 22.1 Å². The number of nitrogens with one attached hydrogen (secondary N) is 1. The van der Waals surface area contributed by atoms with Gasteiger partial charge in [-0.2, -0.15) is 5.26 Å². The van der Waals surface area contributed by atoms with E-state index in [0.29, 0.717) is 37.4 Å². The third-order valence-corrected chi connectivity index (χ3v) is 5.77. The maximum atomic E-state index is 10.6. The maximum absolute atomic E-state index is 10.6. The molecule has 36 heavy (non-hydrogen) atoms. The number of furan rings is 1. The van der Waals surface area contributed by atoms with Crippen LogP contribution in [0.15, 0.2) is 59.4 Å². The highest BCUT2D eigenvalue weighted by Crippen LogP contribution is 2.32. The Labute approximate surface area is 212 Å². The van der Waals surface area contributed by atoms with Crippen molar-refractivity contribution in [2.75, 3.05) is 19.8 Å². The van der Waals surface area contributed by atoms with E-state index in [9.17, 15) is 9.83 Å². The second-order valence-electron chi connectivity index (χ2n) is 8.55. The van der Waals surface area contributed by atoms with Gasteiger partial charge in [0, 0.05) is 17.7 Å². The molecule has 0 aliphatic rings. The van der Waals surface area contributed by atoms with Crippen LogP contribution in [0.1, 0.15) is 43.4 Å². The number of nitrogens with zero attached hydrogens (tertiary/aromatic N) is 1. The van der Waals surface area contributed by atoms with Crippen LogP contribution < -0.4 is 14.8 Å². The Hall–Kier alpha value is -3.08. The van der Waals surface area contributed by atoms with Crippen molar-refractivity contribution in [3.05, 3.63) is 71.7 Å². The highest BCUT2D eigenvalue weighted by molar-refractivity contribution is 7.32. The van der Waals surface area contributed by atoms with Crippen molar-refractivity contribution in [1.82, 2.24) is 5.32 Å². The van der Waals surface area contributed by atoms with E-state index >= 15 is 0 Å². The molecule has 0 bridgehead atoms. The monoisotopic (exact) mass is 512 g/mol. The molecular weight excluding hydrogens is 479 g/mol. The van der Waals surface area contributed by atoms with E-state index in [1.54, 1.807) is 12.5 Å². The molecule has 192 valence electrons. The van der Waals surface area contributed by atoms with E-state index in [0.717, 1.165) is 40.8 Å². The lowest BCUT2D eigenvalue weighted by Crippen LogP contribution is -2.16. The molecule has 0 fully saturated rings. The van der Waals surface area contributed by atoms with Crippen LogP contribution in [0.3, 0.4) is 0 Å². The fraction of sp³-hybridized carbons (Fsp3) is 0.370. The summed E-state index contributed by atoms with van der Waals surface area (Å²) in [4.78, 5) is 8.69. The van der Waals surface area contributed by atoms with E-state index in [-0.39, 0.29) is 12.7 Å². The molecule has 0 radical (unpaired) electrons. The Morgan fingerprint density at radius 1 is 1.08 bits per heavy atom. The predicted molar refractivity (Wildman–Crippen MR) is 138 cm³/mol. The van der Waals surface area contributed by atoms with E-state index in [4.69, 9.17) is 23.3 Å². The maximum Gasteiger partial charge on any atom is 0.316 e. The summed E-state index contributed by atoms with van der Waals surface area (Å²) in [6.45, 7) is 5.99. The first kappa shape index (κ1) is 27.5. The summed E-state index contributed by atoms with van der Waals surface area (Å²) in [6, 6.07) is 15.9. The SMILES string of the molecule is CC(C)Oc1ccc(CCCOc2ccc(CNCCCO[PH](=O)O)cc2-c2ccoc2)cc1C#N. The van der Waals surface area contributed by atoms with Gasteiger partial charge in [-0.15, -0.1) is 0 Å². The summed E-state index contributed by atoms with van der Waals surface area (Å²) in [6.07, 6.45) is 5.58. The second-order valence-corrected chi connectivity index (χ2v) is 9.37. The van der Waals surface area contributed by atoms with Gasteiger partial charge in [-0.05, 0) is 81.1 Å². The third-order valence-electron chi connectivity index (χ3n) is 5.32. The van der Waals surface area contributed by atoms with Crippen LogP contribution in [0.4, 0.5) is 0 Å². The Balaban J connectivity index is 1.55. The van der Waals surface area contributed by atoms with Crippen LogP contribution in [0, 0.1) is 11.3 Å². The molecule has 9 heteroatoms. The van der Waals surface area contributed by atoms with Crippen LogP contribution in [-0.4, -0.2) is 30.8 Å². The summed E-state index contributed by atoms with van der Waals surface area (Å²) in [5.74, 6) is 1.39. The first-order valence-corrected chi connectivity index (χ1v) is 13.3. The zero-order chi connectivity index (χ0) is 25.8. The average molecular weight is 513 g/mol. The molecule has 8 nitrogen and oxygen atoms in total. The van der Waals surface area contributed by atoms with Gasteiger partial charge in [0.2, 0.25) is 0 Å². The van der Waals surface area contributed by atoms with Crippen molar-refractivity contribution in [2.45, 2.75) is 45.8 Å². The van der Waals surface area contributed by atoms with E-state index in [1.165, 1.54) is 0 Å². The molecule has 2 aromatic carbocycles. The molecule has 0 spiro atoms. The number of nitriles is 1. The molecule has 0 amide bonds. The van der Waals surface area contributed by atoms with Gasteiger partial charge < -0.3 is 28.6 Å². The van der Waals surface area contributed by atoms with Crippen molar-refractivity contribution in [1.29, 1.82) is 5.26 Å². The van der Waals surface area contributed by atoms with Crippen LogP contribution in [0.5, 0.6) is 11.5 Å². The molecule has 1 unspecified atom stereocenters. The molecule has 3 rings (SSSR count). The highest BCUT2D eigenvalue weighted by atomic mass is 31.1. The number of hydrogen-bond acceptors (Lipinski definition) is 7. The molecule has 0 saturated carbocycles. The summed E-state index contributed by atoms with van der Waals surface area (Å²) in [7, 11) is -2.86. The Morgan fingerprint density at radius 2 is 1.89 bits per heavy atom. The number of aryl methyl sites for hydroxylation is 1. The molecule has 2 N–H and O–H groups in total. The van der Waals surface area contributed by atoms with Crippen LogP contribution in [0.2, 0.25) is 0 Å². The normalized spacial score (nSPS) is 11.9. The van der Waals surface area contributed by atoms with E-state index < -0.39 is 8.25 Å². The van der Waals surface area contributed by atoms with Gasteiger partial charge in [0.1, 0.15) is 17.6 Å². The first-order chi connectivity index (χ1) is 17.5. The van der Waals surface area contributed by atoms with Gasteiger partial charge in [-0.1, -0.05) is 12.1 Å². The molecular formula is C27H33N2O6P. The third kappa shape index (κ3) is 8.85. The van der Waals surface area contributed by atoms with Crippen molar-refractivity contribution in [2.24, 2.45) is 0 Å². The molecule has 0 aliphatic carbocycles. The zero-order valence-corrected chi connectivity index (χ0v) is 21.7. The smallest absolute Gasteiger partial charge is 0.316 e. The minimum Gasteiger partial charge on any atom is -0.493 e. The van der Waals surface area contributed by atoms with Crippen LogP contribution in [0.25, 0.3) is 11.1 Å². The largest absolute Gasteiger partial charge is 0.493 e. The molecule has 1 atom stereocenters. The summed E-state index contributed by atoms with van der Waals surface area (Å²) < 4.78 is 32.4. The minimum atomic E-state index is -2.86. The number of hydrogen-bond donors (Lipinski definition) is 2. The lowest BCUT2D eigenvalue weighted by Gasteiger charge is -2.14. The second kappa shape index (κ2) is 14.5. The molecule has 1 aromatic heterocycles. The van der Waals surface area contributed by atoms with Crippen molar-refractivity contribution in [3.8, 4) is 28.7 Å². The average Bonchev–Trinajstić information content (AvgIpc) is 3.39. The van der Waals surface area contributed by atoms with Gasteiger partial charge in [0.15, 0.2) is 0 Å². The van der Waals surface area contributed by atoms with Gasteiger partial charge in [0.05, 0.1) is 37.4 Å². The molecule has 1 heterocycles. The van der Waals surface area contributed by atoms with Gasteiger partial charge in [0.25, 0.3) is 0 Å². The van der Waals surface area contributed by atoms with Gasteiger partial charge in [-0.3, -0.25) is 4.57 Å². The molecule has 3 aromatic rings. The van der Waals surface area contributed by atoms with Gasteiger partial charge >= 0.3 is 8.25 Å². The number of benzene rings is 2.